The fourth-order valence-corrected chi connectivity index (χ4v) is 1.25. The van der Waals surface area contributed by atoms with Gasteiger partial charge in [-0.15, -0.1) is 0 Å². The molecule has 6 heteroatoms. The molecule has 0 aliphatic rings. The fourth-order valence-electron chi connectivity index (χ4n) is 1.25. The summed E-state index contributed by atoms with van der Waals surface area (Å²) < 4.78 is 41.9. The zero-order chi connectivity index (χ0) is 13.8. The van der Waals surface area contributed by atoms with Crippen LogP contribution in [-0.2, 0) is 15.7 Å². The number of halogens is 3. The molecule has 3 nitrogen and oxygen atoms in total. The van der Waals surface area contributed by atoms with Crippen LogP contribution in [0.15, 0.2) is 24.3 Å². The summed E-state index contributed by atoms with van der Waals surface area (Å²) in [6.07, 6.45) is -2.41. The van der Waals surface area contributed by atoms with Crippen molar-refractivity contribution in [1.29, 1.82) is 0 Å². The summed E-state index contributed by atoms with van der Waals surface area (Å²) in [6, 6.07) is 2.56. The van der Waals surface area contributed by atoms with E-state index in [0.29, 0.717) is 6.07 Å². The lowest BCUT2D eigenvalue weighted by Gasteiger charge is -2.08. The van der Waals surface area contributed by atoms with Gasteiger partial charge in [-0.2, -0.15) is 13.2 Å². The number of carbonyl (C=O) groups is 1. The van der Waals surface area contributed by atoms with Crippen molar-refractivity contribution in [3.63, 3.8) is 0 Å². The Morgan fingerprint density at radius 3 is 2.61 bits per heavy atom. The maximum Gasteiger partial charge on any atom is 0.416 e. The van der Waals surface area contributed by atoms with Crippen LogP contribution in [0.25, 0.3) is 6.08 Å². The van der Waals surface area contributed by atoms with Crippen molar-refractivity contribution in [2.24, 2.45) is 0 Å². The monoisotopic (exact) mass is 260 g/mol. The predicted molar refractivity (Wildman–Crippen MR) is 58.8 cm³/mol. The van der Waals surface area contributed by atoms with Crippen LogP contribution in [0.5, 0.6) is 5.75 Å². The number of alkyl halides is 3. The number of rotatable bonds is 3. The van der Waals surface area contributed by atoms with Crippen molar-refractivity contribution < 1.29 is 27.8 Å². The summed E-state index contributed by atoms with van der Waals surface area (Å²) in [4.78, 5) is 11.0. The van der Waals surface area contributed by atoms with E-state index in [0.717, 1.165) is 24.3 Å². The van der Waals surface area contributed by atoms with E-state index in [1.165, 1.54) is 0 Å². The molecule has 0 bridgehead atoms. The largest absolute Gasteiger partial charge is 0.508 e. The molecular weight excluding hydrogens is 249 g/mol. The first kappa shape index (κ1) is 14.1. The average Bonchev–Trinajstić information content (AvgIpc) is 2.25. The number of ether oxygens (including phenoxy) is 1. The molecule has 0 aromatic heterocycles. The van der Waals surface area contributed by atoms with Gasteiger partial charge >= 0.3 is 12.1 Å². The van der Waals surface area contributed by atoms with Crippen molar-refractivity contribution in [3.05, 3.63) is 35.4 Å². The van der Waals surface area contributed by atoms with Gasteiger partial charge in [-0.05, 0) is 36.8 Å². The van der Waals surface area contributed by atoms with Gasteiger partial charge in [0, 0.05) is 6.08 Å². The van der Waals surface area contributed by atoms with Crippen LogP contribution in [0.3, 0.4) is 0 Å². The summed E-state index contributed by atoms with van der Waals surface area (Å²) in [6.45, 7) is 1.79. The van der Waals surface area contributed by atoms with E-state index in [4.69, 9.17) is 0 Å². The maximum atomic E-state index is 12.4. The first-order valence-electron chi connectivity index (χ1n) is 5.09. The van der Waals surface area contributed by atoms with Crippen molar-refractivity contribution in [1.82, 2.24) is 0 Å². The highest BCUT2D eigenvalue weighted by Gasteiger charge is 2.31. The molecule has 0 fully saturated rings. The van der Waals surface area contributed by atoms with Gasteiger partial charge in [-0.25, -0.2) is 4.79 Å². The molecular formula is C12H11F3O3. The molecule has 0 saturated heterocycles. The minimum Gasteiger partial charge on any atom is -0.508 e. The molecule has 0 atom stereocenters. The van der Waals surface area contributed by atoms with Gasteiger partial charge in [0.25, 0.3) is 0 Å². The second-order valence-corrected chi connectivity index (χ2v) is 3.40. The highest BCUT2D eigenvalue weighted by atomic mass is 19.4. The van der Waals surface area contributed by atoms with Crippen LogP contribution in [0, 0.1) is 0 Å². The molecule has 0 unspecified atom stereocenters. The van der Waals surface area contributed by atoms with Gasteiger partial charge in [-0.3, -0.25) is 0 Å². The number of benzene rings is 1. The van der Waals surface area contributed by atoms with Crippen LogP contribution in [-0.4, -0.2) is 17.7 Å². The van der Waals surface area contributed by atoms with Crippen LogP contribution in [0.4, 0.5) is 13.2 Å². The Labute approximate surface area is 101 Å². The smallest absolute Gasteiger partial charge is 0.416 e. The topological polar surface area (TPSA) is 46.5 Å². The Balaban J connectivity index is 2.97. The molecule has 0 saturated carbocycles. The zero-order valence-electron chi connectivity index (χ0n) is 9.49. The van der Waals surface area contributed by atoms with Crippen molar-refractivity contribution in [3.8, 4) is 5.75 Å². The van der Waals surface area contributed by atoms with Gasteiger partial charge in [0.2, 0.25) is 0 Å². The Morgan fingerprint density at radius 1 is 1.39 bits per heavy atom. The van der Waals surface area contributed by atoms with E-state index < -0.39 is 23.5 Å². The number of phenolic OH excluding ortho intramolecular Hbond substituents is 1. The van der Waals surface area contributed by atoms with Gasteiger partial charge in [0.05, 0.1) is 12.2 Å². The normalized spacial score (nSPS) is 11.8. The molecule has 1 aromatic carbocycles. The van der Waals surface area contributed by atoms with E-state index in [1.807, 2.05) is 0 Å². The number of esters is 1. The van der Waals surface area contributed by atoms with E-state index >= 15 is 0 Å². The Morgan fingerprint density at radius 2 is 2.06 bits per heavy atom. The standard InChI is InChI=1S/C12H11F3O3/c1-2-18-11(17)4-3-8-5-9(12(13,14)15)7-10(16)6-8/h3-7,16H,2H2,1H3. The summed E-state index contributed by atoms with van der Waals surface area (Å²) in [7, 11) is 0. The highest BCUT2D eigenvalue weighted by Crippen LogP contribution is 2.32. The summed E-state index contributed by atoms with van der Waals surface area (Å²) >= 11 is 0. The molecule has 0 heterocycles. The minimum absolute atomic E-state index is 0.0652. The maximum absolute atomic E-state index is 12.4. The SMILES string of the molecule is CCOC(=O)C=Cc1cc(O)cc(C(F)(F)F)c1. The molecule has 0 spiro atoms. The molecule has 1 N–H and O–H groups in total. The third kappa shape index (κ3) is 4.12. The molecule has 0 amide bonds. The second-order valence-electron chi connectivity index (χ2n) is 3.40. The zero-order valence-corrected chi connectivity index (χ0v) is 9.49. The Bertz CT molecular complexity index is 464. The quantitative estimate of drug-likeness (QED) is 0.671. The van der Waals surface area contributed by atoms with Crippen LogP contribution in [0.1, 0.15) is 18.1 Å². The average molecular weight is 260 g/mol. The van der Waals surface area contributed by atoms with Crippen molar-refractivity contribution >= 4 is 12.0 Å². The first-order valence-corrected chi connectivity index (χ1v) is 5.09. The predicted octanol–water partition coefficient (Wildman–Crippen LogP) is 2.99. The van der Waals surface area contributed by atoms with Crippen LogP contribution < -0.4 is 0 Å². The highest BCUT2D eigenvalue weighted by molar-refractivity contribution is 5.87. The molecule has 1 rings (SSSR count). The molecule has 0 aliphatic carbocycles. The first-order chi connectivity index (χ1) is 8.32. The lowest BCUT2D eigenvalue weighted by atomic mass is 10.1. The van der Waals surface area contributed by atoms with Crippen molar-refractivity contribution in [2.45, 2.75) is 13.1 Å². The third-order valence-corrected chi connectivity index (χ3v) is 1.97. The second kappa shape index (κ2) is 5.57. The number of hydrogen-bond acceptors (Lipinski definition) is 3. The van der Waals surface area contributed by atoms with Gasteiger partial charge in [0.15, 0.2) is 0 Å². The van der Waals surface area contributed by atoms with E-state index in [-0.39, 0.29) is 12.2 Å². The Kier molecular flexibility index (Phi) is 4.36. The van der Waals surface area contributed by atoms with Crippen molar-refractivity contribution in [2.75, 3.05) is 6.61 Å². The Hall–Kier alpha value is -1.98. The molecule has 1 aromatic rings. The van der Waals surface area contributed by atoms with E-state index in [2.05, 4.69) is 4.74 Å². The minimum atomic E-state index is -4.55. The summed E-state index contributed by atoms with van der Waals surface area (Å²) in [5.74, 6) is -1.18. The fraction of sp³-hybridized carbons (Fsp3) is 0.250. The number of hydrogen-bond donors (Lipinski definition) is 1. The van der Waals surface area contributed by atoms with E-state index in [9.17, 15) is 23.1 Å². The van der Waals surface area contributed by atoms with Gasteiger partial charge < -0.3 is 9.84 Å². The van der Waals surface area contributed by atoms with Gasteiger partial charge in [-0.1, -0.05) is 0 Å². The van der Waals surface area contributed by atoms with E-state index in [1.54, 1.807) is 6.92 Å². The molecule has 0 aliphatic heterocycles. The van der Waals surface area contributed by atoms with Gasteiger partial charge in [0.1, 0.15) is 5.75 Å². The number of carbonyl (C=O) groups excluding carboxylic acids is 1. The lowest BCUT2D eigenvalue weighted by Crippen LogP contribution is -2.04. The lowest BCUT2D eigenvalue weighted by molar-refractivity contribution is -0.138. The summed E-state index contributed by atoms with van der Waals surface area (Å²) in [5, 5.41) is 9.18. The van der Waals surface area contributed by atoms with Crippen LogP contribution >= 0.6 is 0 Å². The third-order valence-electron chi connectivity index (χ3n) is 1.97. The molecule has 18 heavy (non-hydrogen) atoms. The molecule has 0 radical (unpaired) electrons. The van der Waals surface area contributed by atoms with Crippen LogP contribution in [0.2, 0.25) is 0 Å². The summed E-state index contributed by atoms with van der Waals surface area (Å²) in [5.41, 5.74) is -0.915. The number of aromatic hydroxyl groups is 1. The molecule has 98 valence electrons. The number of phenols is 1.